The van der Waals surface area contributed by atoms with Gasteiger partial charge >= 0.3 is 0 Å². The Hall–Kier alpha value is -5.88. The lowest BCUT2D eigenvalue weighted by Crippen LogP contribution is -2.58. The zero-order valence-corrected chi connectivity index (χ0v) is 33.5. The Morgan fingerprint density at radius 2 is 1.71 bits per heavy atom. The fourth-order valence-electron chi connectivity index (χ4n) is 7.84. The van der Waals surface area contributed by atoms with Crippen LogP contribution >= 0.6 is 11.3 Å². The van der Waals surface area contributed by atoms with Crippen molar-refractivity contribution in [2.45, 2.75) is 86.8 Å². The third-order valence-electron chi connectivity index (χ3n) is 11.3. The minimum absolute atomic E-state index is 0.00345. The highest BCUT2D eigenvalue weighted by Crippen LogP contribution is 2.46. The molecule has 59 heavy (non-hydrogen) atoms. The zero-order valence-electron chi connectivity index (χ0n) is 31.8. The number of allylic oxidation sites excluding steroid dienone is 1. The molecule has 3 N–H and O–H groups in total. The Labute approximate surface area is 343 Å². The number of fused-ring (bicyclic) bond motifs is 4. The molecule has 1 saturated heterocycles. The third kappa shape index (κ3) is 7.98. The first-order valence-corrected chi connectivity index (χ1v) is 22.2. The number of carbonyl (C=O) groups is 4. The molecule has 5 heterocycles. The van der Waals surface area contributed by atoms with E-state index in [1.165, 1.54) is 34.8 Å². The van der Waals surface area contributed by atoms with Crippen LogP contribution in [0.4, 0.5) is 0 Å². The monoisotopic (exact) mass is 835 g/mol. The smallest absolute Gasteiger partial charge is 0.270 e. The summed E-state index contributed by atoms with van der Waals surface area (Å²) < 4.78 is 35.7. The van der Waals surface area contributed by atoms with E-state index >= 15 is 0 Å². The number of rotatable bonds is 8. The minimum atomic E-state index is -3.92. The van der Waals surface area contributed by atoms with Crippen molar-refractivity contribution in [3.05, 3.63) is 85.0 Å². The number of carbonyl (C=O) groups excluding carboxylic acids is 4. The second kappa shape index (κ2) is 15.7. The molecule has 0 spiro atoms. The summed E-state index contributed by atoms with van der Waals surface area (Å²) in [6.07, 6.45) is 9.90. The SMILES string of the molecule is O=C(N[C@H]1CCCCC/C=C\[C@@H]2C[C@@]2(C(=O)NS(=O)(=O)C2CC2)NC(=O)[C@@H]2C[C@@H](Oc3nc4ccccc4nc3-c3nc4ccccc4s3)CN2C1=O)c1ccncn1. The highest BCUT2D eigenvalue weighted by Gasteiger charge is 2.62. The first-order chi connectivity index (χ1) is 28.6. The topological polar surface area (TPSA) is 215 Å². The molecular weight excluding hydrogens is 795 g/mol. The summed E-state index contributed by atoms with van der Waals surface area (Å²) in [7, 11) is -3.92. The Morgan fingerprint density at radius 1 is 0.932 bits per heavy atom. The van der Waals surface area contributed by atoms with Crippen LogP contribution in [0.15, 0.2) is 79.3 Å². The van der Waals surface area contributed by atoms with E-state index in [9.17, 15) is 27.6 Å². The van der Waals surface area contributed by atoms with Crippen molar-refractivity contribution >= 4 is 66.2 Å². The molecule has 3 aromatic heterocycles. The number of hydrogen-bond acceptors (Lipinski definition) is 13. The predicted octanol–water partition coefficient (Wildman–Crippen LogP) is 3.85. The van der Waals surface area contributed by atoms with Crippen molar-refractivity contribution in [3.63, 3.8) is 0 Å². The van der Waals surface area contributed by atoms with Gasteiger partial charge in [-0.05, 0) is 68.9 Å². The van der Waals surface area contributed by atoms with Gasteiger partial charge in [-0.3, -0.25) is 23.9 Å². The van der Waals surface area contributed by atoms with Gasteiger partial charge in [0.15, 0.2) is 5.69 Å². The maximum atomic E-state index is 14.7. The van der Waals surface area contributed by atoms with Crippen molar-refractivity contribution in [1.82, 2.24) is 45.2 Å². The van der Waals surface area contributed by atoms with Gasteiger partial charge in [0.05, 0.1) is 33.0 Å². The van der Waals surface area contributed by atoms with Crippen molar-refractivity contribution in [2.75, 3.05) is 6.54 Å². The van der Waals surface area contributed by atoms with Gasteiger partial charge in [-0.1, -0.05) is 49.3 Å². The quantitative estimate of drug-likeness (QED) is 0.190. The van der Waals surface area contributed by atoms with Crippen LogP contribution in [0.1, 0.15) is 68.3 Å². The van der Waals surface area contributed by atoms with Crippen LogP contribution < -0.4 is 20.1 Å². The fourth-order valence-corrected chi connectivity index (χ4v) is 10.2. The summed E-state index contributed by atoms with van der Waals surface area (Å²) in [5.74, 6) is -2.81. The van der Waals surface area contributed by atoms with E-state index in [4.69, 9.17) is 19.7 Å². The Kier molecular flexibility index (Phi) is 10.3. The van der Waals surface area contributed by atoms with Gasteiger partial charge in [0.25, 0.3) is 11.8 Å². The van der Waals surface area contributed by atoms with Gasteiger partial charge in [-0.2, -0.15) is 0 Å². The molecule has 0 radical (unpaired) electrons. The predicted molar refractivity (Wildman–Crippen MR) is 217 cm³/mol. The molecule has 9 rings (SSSR count). The summed E-state index contributed by atoms with van der Waals surface area (Å²) in [6.45, 7) is -0.0663. The molecular formula is C41H41N9O7S2. The largest absolute Gasteiger partial charge is 0.471 e. The first kappa shape index (κ1) is 38.6. The number of nitrogens with zero attached hydrogens (tertiary/aromatic N) is 6. The number of para-hydroxylation sites is 3. The molecule has 3 fully saturated rings. The van der Waals surface area contributed by atoms with Crippen molar-refractivity contribution in [1.29, 1.82) is 0 Å². The van der Waals surface area contributed by atoms with E-state index in [1.54, 1.807) is 0 Å². The number of thiazole rings is 1. The van der Waals surface area contributed by atoms with Gasteiger partial charge in [0.1, 0.15) is 40.8 Å². The molecule has 2 aliphatic carbocycles. The van der Waals surface area contributed by atoms with E-state index < -0.39 is 68.5 Å². The standard InChI is InChI=1S/C41H41N9O7S2/c51-35(30-18-19-42-23-43-30)45-31-14-5-3-1-2-4-10-24-21-41(24,40(54)49-59(55,56)26-16-17-26)48-36(52)32-20-25(22-50(32)39(31)53)57-37-34(44-27-11-6-7-12-28(27)46-37)38-47-29-13-8-9-15-33(29)58-38/h4,6-13,15,18-19,23-26,31-32H,1-3,5,14,16-17,20-22H2,(H,45,51)(H,48,52)(H,49,54)/b10-4-/t24-,25-,31+,32+,41-/m1/s1. The van der Waals surface area contributed by atoms with Gasteiger partial charge in [-0.25, -0.2) is 33.3 Å². The van der Waals surface area contributed by atoms with Crippen molar-refractivity contribution < 1.29 is 32.3 Å². The number of amides is 4. The Bertz CT molecular complexity index is 2570. The van der Waals surface area contributed by atoms with Crippen LogP contribution in [0.2, 0.25) is 0 Å². The summed E-state index contributed by atoms with van der Waals surface area (Å²) in [4.78, 5) is 80.5. The van der Waals surface area contributed by atoms with Crippen LogP contribution in [0.5, 0.6) is 5.88 Å². The highest BCUT2D eigenvalue weighted by molar-refractivity contribution is 7.91. The lowest BCUT2D eigenvalue weighted by Gasteiger charge is -2.29. The molecule has 2 saturated carbocycles. The molecule has 4 aliphatic rings. The average molecular weight is 836 g/mol. The van der Waals surface area contributed by atoms with Gasteiger partial charge < -0.3 is 20.3 Å². The van der Waals surface area contributed by atoms with Crippen LogP contribution in [-0.4, -0.2) is 97.4 Å². The molecule has 5 aromatic rings. The van der Waals surface area contributed by atoms with Crippen LogP contribution in [-0.2, 0) is 24.4 Å². The molecule has 0 bridgehead atoms. The maximum absolute atomic E-state index is 14.7. The number of aromatic nitrogens is 5. The van der Waals surface area contributed by atoms with Gasteiger partial charge in [-0.15, -0.1) is 11.3 Å². The lowest BCUT2D eigenvalue weighted by atomic mass is 10.0. The van der Waals surface area contributed by atoms with Crippen LogP contribution in [0.25, 0.3) is 32.0 Å². The fraction of sp³-hybridized carbons (Fsp3) is 0.390. The average Bonchev–Trinajstić information content (AvgIpc) is 4.13. The molecule has 0 unspecified atom stereocenters. The number of ether oxygens (including phenoxy) is 1. The molecule has 18 heteroatoms. The normalized spacial score (nSPS) is 25.5. The zero-order chi connectivity index (χ0) is 40.7. The second-order valence-corrected chi connectivity index (χ2v) is 18.5. The maximum Gasteiger partial charge on any atom is 0.270 e. The highest BCUT2D eigenvalue weighted by atomic mass is 32.2. The Morgan fingerprint density at radius 3 is 2.47 bits per heavy atom. The van der Waals surface area contributed by atoms with E-state index in [1.807, 2.05) is 60.7 Å². The van der Waals surface area contributed by atoms with Gasteiger partial charge in [0.2, 0.25) is 27.7 Å². The third-order valence-corrected chi connectivity index (χ3v) is 14.1. The van der Waals surface area contributed by atoms with Crippen molar-refractivity contribution in [2.24, 2.45) is 5.92 Å². The molecule has 4 amide bonds. The number of hydrogen-bond donors (Lipinski definition) is 3. The second-order valence-electron chi connectivity index (χ2n) is 15.5. The minimum Gasteiger partial charge on any atom is -0.471 e. The lowest BCUT2D eigenvalue weighted by molar-refractivity contribution is -0.141. The number of sulfonamides is 1. The Balaban J connectivity index is 1.06. The molecule has 5 atom stereocenters. The van der Waals surface area contributed by atoms with Crippen LogP contribution in [0.3, 0.4) is 0 Å². The van der Waals surface area contributed by atoms with E-state index in [2.05, 4.69) is 25.3 Å². The first-order valence-electron chi connectivity index (χ1n) is 19.8. The van der Waals surface area contributed by atoms with E-state index in [-0.39, 0.29) is 31.0 Å². The summed E-state index contributed by atoms with van der Waals surface area (Å²) in [6, 6.07) is 14.3. The number of nitrogens with one attached hydrogen (secondary N) is 3. The molecule has 2 aliphatic heterocycles. The van der Waals surface area contributed by atoms with Gasteiger partial charge in [0, 0.05) is 18.5 Å². The molecule has 16 nitrogen and oxygen atoms in total. The number of benzene rings is 2. The van der Waals surface area contributed by atoms with Crippen molar-refractivity contribution in [3.8, 4) is 16.6 Å². The summed E-state index contributed by atoms with van der Waals surface area (Å²) >= 11 is 1.43. The van der Waals surface area contributed by atoms with E-state index in [0.717, 1.165) is 23.1 Å². The molecule has 304 valence electrons. The van der Waals surface area contributed by atoms with E-state index in [0.29, 0.717) is 53.8 Å². The molecule has 2 aromatic carbocycles. The summed E-state index contributed by atoms with van der Waals surface area (Å²) in [5.41, 5.74) is 0.938. The van der Waals surface area contributed by atoms with Crippen LogP contribution in [0, 0.1) is 5.92 Å². The summed E-state index contributed by atoms with van der Waals surface area (Å²) in [5, 5.41) is 5.68.